The van der Waals surface area contributed by atoms with Gasteiger partial charge in [-0.1, -0.05) is 42.1 Å². The number of benzene rings is 3. The Morgan fingerprint density at radius 1 is 0.917 bits per heavy atom. The second kappa shape index (κ2) is 10.4. The van der Waals surface area contributed by atoms with Crippen LogP contribution in [0.3, 0.4) is 0 Å². The summed E-state index contributed by atoms with van der Waals surface area (Å²) in [6.45, 7) is 0. The fourth-order valence-corrected chi connectivity index (χ4v) is 5.29. The molecule has 0 radical (unpaired) electrons. The van der Waals surface area contributed by atoms with Gasteiger partial charge in [0, 0.05) is 21.9 Å². The van der Waals surface area contributed by atoms with Crippen molar-refractivity contribution in [3.63, 3.8) is 0 Å². The molecule has 4 atom stereocenters. The van der Waals surface area contributed by atoms with E-state index in [2.05, 4.69) is 26.6 Å². The molecular weight excluding hydrogens is 481 g/mol. The van der Waals surface area contributed by atoms with Crippen molar-refractivity contribution in [1.82, 2.24) is 16.0 Å². The third-order valence-electron chi connectivity index (χ3n) is 6.06. The van der Waals surface area contributed by atoms with Crippen LogP contribution in [0.15, 0.2) is 88.7 Å². The van der Waals surface area contributed by atoms with Crippen molar-refractivity contribution in [2.45, 2.75) is 28.7 Å². The molecular formula is C26H24FN5O3S. The van der Waals surface area contributed by atoms with Crippen LogP contribution in [0.2, 0.25) is 0 Å². The number of anilines is 2. The number of fused-ring (bicyclic) bond motifs is 1. The Morgan fingerprint density at radius 3 is 2.42 bits per heavy atom. The van der Waals surface area contributed by atoms with Crippen molar-refractivity contribution >= 4 is 40.9 Å². The summed E-state index contributed by atoms with van der Waals surface area (Å²) in [6.07, 6.45) is -1.57. The molecule has 0 aromatic heterocycles. The summed E-state index contributed by atoms with van der Waals surface area (Å²) in [5, 5.41) is 14.7. The van der Waals surface area contributed by atoms with Gasteiger partial charge in [0.1, 0.15) is 5.82 Å². The van der Waals surface area contributed by atoms with Crippen LogP contribution < -0.4 is 26.6 Å². The predicted molar refractivity (Wildman–Crippen MR) is 134 cm³/mol. The maximum Gasteiger partial charge on any atom is 0.229 e. The molecule has 3 aromatic carbocycles. The van der Waals surface area contributed by atoms with E-state index in [4.69, 9.17) is 0 Å². The van der Waals surface area contributed by atoms with E-state index in [0.717, 1.165) is 9.79 Å². The van der Waals surface area contributed by atoms with Crippen LogP contribution in [0.25, 0.3) is 0 Å². The van der Waals surface area contributed by atoms with Gasteiger partial charge in [0.2, 0.25) is 17.7 Å². The summed E-state index contributed by atoms with van der Waals surface area (Å²) in [7, 11) is 0. The highest BCUT2D eigenvalue weighted by Crippen LogP contribution is 2.34. The molecule has 5 N–H and O–H groups in total. The highest BCUT2D eigenvalue weighted by Gasteiger charge is 2.48. The molecule has 8 nitrogen and oxygen atoms in total. The molecule has 0 spiro atoms. The van der Waals surface area contributed by atoms with E-state index >= 15 is 0 Å². The topological polar surface area (TPSA) is 111 Å². The third kappa shape index (κ3) is 5.34. The van der Waals surface area contributed by atoms with Crippen LogP contribution in [-0.4, -0.2) is 30.2 Å². The predicted octanol–water partition coefficient (Wildman–Crippen LogP) is 3.11. The molecule has 3 amide bonds. The minimum Gasteiger partial charge on any atom is -0.353 e. The Labute approximate surface area is 211 Å². The van der Waals surface area contributed by atoms with Crippen molar-refractivity contribution in [2.24, 2.45) is 11.8 Å². The quantitative estimate of drug-likeness (QED) is 0.352. The van der Waals surface area contributed by atoms with Crippen LogP contribution in [0, 0.1) is 17.7 Å². The number of hydrogen-bond donors (Lipinski definition) is 5. The number of carbonyl (C=O) groups excluding carboxylic acids is 3. The first kappa shape index (κ1) is 23.8. The lowest BCUT2D eigenvalue weighted by atomic mass is 9.81. The normalized spacial score (nSPS) is 23.1. The molecule has 36 heavy (non-hydrogen) atoms. The Kier molecular flexibility index (Phi) is 6.88. The molecule has 2 saturated heterocycles. The molecule has 0 saturated carbocycles. The van der Waals surface area contributed by atoms with E-state index in [-0.39, 0.29) is 24.1 Å². The molecule has 2 aliphatic heterocycles. The van der Waals surface area contributed by atoms with E-state index < -0.39 is 30.2 Å². The van der Waals surface area contributed by atoms with Crippen molar-refractivity contribution in [1.29, 1.82) is 0 Å². The minimum atomic E-state index is -0.863. The Bertz CT molecular complexity index is 1270. The van der Waals surface area contributed by atoms with Crippen molar-refractivity contribution in [3.05, 3.63) is 84.7 Å². The molecule has 184 valence electrons. The number of rotatable bonds is 6. The molecule has 0 bridgehead atoms. The van der Waals surface area contributed by atoms with E-state index in [1.807, 2.05) is 48.5 Å². The first-order valence-electron chi connectivity index (χ1n) is 11.5. The fourth-order valence-electron chi connectivity index (χ4n) is 4.37. The van der Waals surface area contributed by atoms with Gasteiger partial charge in [-0.15, -0.1) is 0 Å². The van der Waals surface area contributed by atoms with E-state index in [9.17, 15) is 18.8 Å². The second-order valence-electron chi connectivity index (χ2n) is 8.54. The number of nitrogens with one attached hydrogen (secondary N) is 5. The van der Waals surface area contributed by atoms with Crippen molar-refractivity contribution in [2.75, 3.05) is 10.6 Å². The number of piperidine rings is 1. The molecule has 2 heterocycles. The van der Waals surface area contributed by atoms with Crippen LogP contribution in [0.4, 0.5) is 15.8 Å². The summed E-state index contributed by atoms with van der Waals surface area (Å²) in [5.74, 6) is -3.14. The first-order chi connectivity index (χ1) is 17.5. The fraction of sp³-hybridized carbons (Fsp3) is 0.192. The molecule has 10 heteroatoms. The molecule has 3 aromatic rings. The zero-order valence-electron chi connectivity index (χ0n) is 19.0. The number of hydrogen-bond acceptors (Lipinski definition) is 6. The molecule has 5 rings (SSSR count). The van der Waals surface area contributed by atoms with E-state index in [0.29, 0.717) is 11.4 Å². The average Bonchev–Trinajstić information content (AvgIpc) is 2.86. The van der Waals surface area contributed by atoms with Gasteiger partial charge in [0.25, 0.3) is 0 Å². The monoisotopic (exact) mass is 505 g/mol. The van der Waals surface area contributed by atoms with Gasteiger partial charge in [0.15, 0.2) is 6.29 Å². The summed E-state index contributed by atoms with van der Waals surface area (Å²) in [6, 6.07) is 22.9. The van der Waals surface area contributed by atoms with Crippen LogP contribution in [-0.2, 0) is 14.4 Å². The van der Waals surface area contributed by atoms with Crippen molar-refractivity contribution < 1.29 is 18.8 Å². The van der Waals surface area contributed by atoms with Crippen molar-refractivity contribution in [3.8, 4) is 0 Å². The maximum atomic E-state index is 13.4. The molecule has 0 aliphatic carbocycles. The van der Waals surface area contributed by atoms with Gasteiger partial charge in [0.05, 0.1) is 23.7 Å². The first-order valence-corrected chi connectivity index (χ1v) is 12.3. The molecule has 2 fully saturated rings. The summed E-state index contributed by atoms with van der Waals surface area (Å²) < 4.78 is 13.2. The second-order valence-corrected chi connectivity index (χ2v) is 9.66. The van der Waals surface area contributed by atoms with Gasteiger partial charge >= 0.3 is 0 Å². The number of halogens is 1. The smallest absolute Gasteiger partial charge is 0.229 e. The average molecular weight is 506 g/mol. The van der Waals surface area contributed by atoms with Crippen LogP contribution in [0.1, 0.15) is 6.42 Å². The van der Waals surface area contributed by atoms with Crippen LogP contribution in [0.5, 0.6) is 0 Å². The number of carbonyl (C=O) groups is 3. The summed E-state index contributed by atoms with van der Waals surface area (Å²) >= 11 is 1.51. The number of amides is 3. The van der Waals surface area contributed by atoms with Gasteiger partial charge in [-0.05, 0) is 48.5 Å². The lowest BCUT2D eigenvalue weighted by molar-refractivity contribution is -0.144. The molecule has 4 unspecified atom stereocenters. The zero-order valence-corrected chi connectivity index (χ0v) is 19.8. The summed E-state index contributed by atoms with van der Waals surface area (Å²) in [5.41, 5.74) is 1.19. The lowest BCUT2D eigenvalue weighted by Crippen LogP contribution is -2.72. The van der Waals surface area contributed by atoms with E-state index in [1.165, 1.54) is 36.0 Å². The Balaban J connectivity index is 1.30. The third-order valence-corrected chi connectivity index (χ3v) is 7.14. The van der Waals surface area contributed by atoms with E-state index in [1.54, 1.807) is 6.07 Å². The van der Waals surface area contributed by atoms with Gasteiger partial charge in [-0.3, -0.25) is 19.7 Å². The van der Waals surface area contributed by atoms with Gasteiger partial charge in [-0.25, -0.2) is 4.39 Å². The standard InChI is InChI=1S/C26H24FN5O3S/c27-15-10-12-16(13-11-15)28-26-31-23-22(25(35)32-26)18(14-21(33)30-23)24(34)29-19-8-4-5-9-20(19)36-17-6-2-1-3-7-17/h1-13,18,22-23,26,28,31H,14H2,(H,29,34)(H,30,33)(H,32,35). The summed E-state index contributed by atoms with van der Waals surface area (Å²) in [4.78, 5) is 40.8. The van der Waals surface area contributed by atoms with Gasteiger partial charge in [-0.2, -0.15) is 0 Å². The zero-order chi connectivity index (χ0) is 25.1. The largest absolute Gasteiger partial charge is 0.353 e. The van der Waals surface area contributed by atoms with Crippen LogP contribution >= 0.6 is 11.8 Å². The lowest BCUT2D eigenvalue weighted by Gasteiger charge is -2.43. The highest BCUT2D eigenvalue weighted by atomic mass is 32.2. The maximum absolute atomic E-state index is 13.4. The number of para-hydroxylation sites is 1. The SMILES string of the molecule is O=C1CC(C(=O)Nc2ccccc2Sc2ccccc2)C2C(=O)NC(Nc3ccc(F)cc3)NC2N1. The van der Waals surface area contributed by atoms with Gasteiger partial charge < -0.3 is 21.3 Å². The Hall–Kier alpha value is -3.89. The molecule has 2 aliphatic rings. The Morgan fingerprint density at radius 2 is 1.64 bits per heavy atom. The highest BCUT2D eigenvalue weighted by molar-refractivity contribution is 7.99. The minimum absolute atomic E-state index is 0.105.